The molecule has 29 heavy (non-hydrogen) atoms. The molecule has 1 amide bonds. The van der Waals surface area contributed by atoms with E-state index in [-0.39, 0.29) is 47.9 Å². The summed E-state index contributed by atoms with van der Waals surface area (Å²) in [5, 5.41) is 7.20. The van der Waals surface area contributed by atoms with E-state index >= 15 is 0 Å². The molecule has 7 nitrogen and oxygen atoms in total. The molecule has 2 saturated carbocycles. The molecule has 2 aliphatic carbocycles. The molecule has 4 aliphatic rings. The van der Waals surface area contributed by atoms with Gasteiger partial charge in [-0.15, -0.1) is 24.0 Å². The zero-order valence-electron chi connectivity index (χ0n) is 17.8. The van der Waals surface area contributed by atoms with Crippen LogP contribution in [0.1, 0.15) is 51.4 Å². The first-order valence-electron chi connectivity index (χ1n) is 11.1. The van der Waals surface area contributed by atoms with Crippen molar-refractivity contribution in [1.82, 2.24) is 15.5 Å². The van der Waals surface area contributed by atoms with Crippen molar-refractivity contribution in [3.05, 3.63) is 0 Å². The fraction of sp³-hybridized carbons (Fsp3) is 0.905. The van der Waals surface area contributed by atoms with Gasteiger partial charge >= 0.3 is 0 Å². The highest BCUT2D eigenvalue weighted by Crippen LogP contribution is 2.60. The number of likely N-dealkylation sites (N-methyl/N-ethyl adjacent to an activating group) is 1. The molecular formula is C21H37IN4O3. The van der Waals surface area contributed by atoms with Gasteiger partial charge in [0.2, 0.25) is 5.91 Å². The van der Waals surface area contributed by atoms with Crippen molar-refractivity contribution in [2.24, 2.45) is 16.3 Å². The lowest BCUT2D eigenvalue weighted by atomic mass is 9.54. The Kier molecular flexibility index (Phi) is 8.06. The lowest BCUT2D eigenvalue weighted by molar-refractivity contribution is -0.127. The van der Waals surface area contributed by atoms with Gasteiger partial charge in [0.15, 0.2) is 5.96 Å². The fourth-order valence-corrected chi connectivity index (χ4v) is 5.67. The van der Waals surface area contributed by atoms with Gasteiger partial charge in [-0.2, -0.15) is 0 Å². The SMILES string of the molecule is CN(C)C(=O)CN=C(NCC1CCCCO1)NC1C2CCOC2C12CCCC2.I. The van der Waals surface area contributed by atoms with Crippen molar-refractivity contribution in [3.8, 4) is 0 Å². The van der Waals surface area contributed by atoms with Gasteiger partial charge in [-0.25, -0.2) is 4.99 Å². The van der Waals surface area contributed by atoms with E-state index in [1.165, 1.54) is 32.1 Å². The number of ether oxygens (including phenoxy) is 2. The predicted octanol–water partition coefficient (Wildman–Crippen LogP) is 2.14. The number of nitrogens with zero attached hydrogens (tertiary/aromatic N) is 2. The quantitative estimate of drug-likeness (QED) is 0.330. The second-order valence-corrected chi connectivity index (χ2v) is 9.13. The minimum absolute atomic E-state index is 0. The van der Waals surface area contributed by atoms with Crippen LogP contribution in [0.5, 0.6) is 0 Å². The topological polar surface area (TPSA) is 75.2 Å². The molecule has 2 N–H and O–H groups in total. The lowest BCUT2D eigenvalue weighted by Gasteiger charge is -2.57. The Labute approximate surface area is 191 Å². The summed E-state index contributed by atoms with van der Waals surface area (Å²) in [5.41, 5.74) is 0.260. The number of carbonyl (C=O) groups is 1. The van der Waals surface area contributed by atoms with E-state index in [0.717, 1.165) is 45.0 Å². The number of hydrogen-bond acceptors (Lipinski definition) is 4. The molecule has 0 bridgehead atoms. The Morgan fingerprint density at radius 2 is 1.90 bits per heavy atom. The van der Waals surface area contributed by atoms with E-state index in [2.05, 4.69) is 15.6 Å². The first-order valence-corrected chi connectivity index (χ1v) is 11.1. The number of nitrogens with one attached hydrogen (secondary N) is 2. The first kappa shape index (κ1) is 23.1. The van der Waals surface area contributed by atoms with Crippen LogP contribution in [0.4, 0.5) is 0 Å². The largest absolute Gasteiger partial charge is 0.377 e. The number of guanidine groups is 1. The monoisotopic (exact) mass is 520 g/mol. The summed E-state index contributed by atoms with van der Waals surface area (Å²) in [6, 6.07) is 0.399. The minimum Gasteiger partial charge on any atom is -0.377 e. The van der Waals surface area contributed by atoms with Gasteiger partial charge in [0.05, 0.1) is 12.2 Å². The third-order valence-corrected chi connectivity index (χ3v) is 7.22. The molecule has 2 heterocycles. The van der Waals surface area contributed by atoms with Crippen molar-refractivity contribution < 1.29 is 14.3 Å². The Morgan fingerprint density at radius 3 is 2.59 bits per heavy atom. The molecule has 8 heteroatoms. The summed E-state index contributed by atoms with van der Waals surface area (Å²) in [6.45, 7) is 2.63. The van der Waals surface area contributed by atoms with Gasteiger partial charge in [0.1, 0.15) is 6.54 Å². The maximum absolute atomic E-state index is 12.1. The molecule has 0 aromatic carbocycles. The van der Waals surface area contributed by atoms with Gasteiger partial charge in [0, 0.05) is 51.2 Å². The molecule has 2 aliphatic heterocycles. The smallest absolute Gasteiger partial charge is 0.243 e. The second kappa shape index (κ2) is 10.1. The van der Waals surface area contributed by atoms with Crippen LogP contribution in [-0.2, 0) is 14.3 Å². The first-order chi connectivity index (χ1) is 13.6. The third kappa shape index (κ3) is 4.84. The highest BCUT2D eigenvalue weighted by atomic mass is 127. The predicted molar refractivity (Wildman–Crippen MR) is 124 cm³/mol. The average Bonchev–Trinajstić information content (AvgIpc) is 3.36. The van der Waals surface area contributed by atoms with E-state index in [9.17, 15) is 4.79 Å². The van der Waals surface area contributed by atoms with E-state index in [1.54, 1.807) is 19.0 Å². The molecule has 4 fully saturated rings. The molecule has 0 radical (unpaired) electrons. The third-order valence-electron chi connectivity index (χ3n) is 7.22. The van der Waals surface area contributed by atoms with E-state index in [1.807, 2.05) is 0 Å². The minimum atomic E-state index is 0. The number of aliphatic imine (C=N–C) groups is 1. The maximum atomic E-state index is 12.1. The maximum Gasteiger partial charge on any atom is 0.243 e. The second-order valence-electron chi connectivity index (χ2n) is 9.13. The summed E-state index contributed by atoms with van der Waals surface area (Å²) in [7, 11) is 3.54. The average molecular weight is 520 g/mol. The van der Waals surface area contributed by atoms with Crippen molar-refractivity contribution in [1.29, 1.82) is 0 Å². The van der Waals surface area contributed by atoms with Gasteiger partial charge in [-0.3, -0.25) is 4.79 Å². The summed E-state index contributed by atoms with van der Waals surface area (Å²) in [5.74, 6) is 1.34. The summed E-state index contributed by atoms with van der Waals surface area (Å²) in [6.07, 6.45) is 10.3. The highest BCUT2D eigenvalue weighted by Gasteiger charge is 2.65. The van der Waals surface area contributed by atoms with E-state index in [0.29, 0.717) is 18.1 Å². The van der Waals surface area contributed by atoms with Crippen LogP contribution < -0.4 is 10.6 Å². The molecule has 4 unspecified atom stereocenters. The number of carbonyl (C=O) groups excluding carboxylic acids is 1. The standard InChI is InChI=1S/C21H36N4O3.HI/c1-25(2)17(26)14-23-20(22-13-15-7-3-6-11-27-15)24-18-16-8-12-28-19(16)21(18)9-4-5-10-21;/h15-16,18-19H,3-14H2,1-2H3,(H2,22,23,24);1H. The van der Waals surface area contributed by atoms with Crippen LogP contribution in [0.3, 0.4) is 0 Å². The fourth-order valence-electron chi connectivity index (χ4n) is 5.67. The molecule has 0 aromatic rings. The Morgan fingerprint density at radius 1 is 1.10 bits per heavy atom. The van der Waals surface area contributed by atoms with Crippen molar-refractivity contribution in [2.45, 2.75) is 69.6 Å². The molecule has 2 saturated heterocycles. The molecule has 0 aromatic heterocycles. The zero-order valence-corrected chi connectivity index (χ0v) is 20.2. The highest BCUT2D eigenvalue weighted by molar-refractivity contribution is 14.0. The van der Waals surface area contributed by atoms with Gasteiger partial charge in [-0.1, -0.05) is 12.8 Å². The molecular weight excluding hydrogens is 483 g/mol. The zero-order chi connectivity index (χ0) is 19.6. The van der Waals surface area contributed by atoms with Crippen molar-refractivity contribution in [2.75, 3.05) is 40.4 Å². The lowest BCUT2D eigenvalue weighted by Crippen LogP contribution is -2.69. The molecule has 166 valence electrons. The number of halogens is 1. The number of fused-ring (bicyclic) bond motifs is 2. The summed E-state index contributed by atoms with van der Waals surface area (Å²) >= 11 is 0. The summed E-state index contributed by atoms with van der Waals surface area (Å²) in [4.78, 5) is 18.3. The Hall–Kier alpha value is -0.610. The van der Waals surface area contributed by atoms with E-state index in [4.69, 9.17) is 9.47 Å². The van der Waals surface area contributed by atoms with Crippen LogP contribution in [0.25, 0.3) is 0 Å². The number of hydrogen-bond donors (Lipinski definition) is 2. The summed E-state index contributed by atoms with van der Waals surface area (Å²) < 4.78 is 12.0. The van der Waals surface area contributed by atoms with Crippen molar-refractivity contribution in [3.63, 3.8) is 0 Å². The van der Waals surface area contributed by atoms with Crippen LogP contribution in [0, 0.1) is 11.3 Å². The molecule has 4 atom stereocenters. The van der Waals surface area contributed by atoms with Crippen LogP contribution in [0.2, 0.25) is 0 Å². The van der Waals surface area contributed by atoms with Crippen molar-refractivity contribution >= 4 is 35.8 Å². The van der Waals surface area contributed by atoms with Gasteiger partial charge < -0.3 is 25.0 Å². The number of amides is 1. The Balaban J connectivity index is 0.00000240. The Bertz CT molecular complexity index is 588. The number of rotatable bonds is 5. The van der Waals surface area contributed by atoms with Gasteiger partial charge in [-0.05, 0) is 38.5 Å². The normalized spacial score (nSPS) is 32.8. The van der Waals surface area contributed by atoms with Gasteiger partial charge in [0.25, 0.3) is 0 Å². The molecule has 4 rings (SSSR count). The van der Waals surface area contributed by atoms with Crippen LogP contribution >= 0.6 is 24.0 Å². The molecule has 1 spiro atoms. The van der Waals surface area contributed by atoms with E-state index < -0.39 is 0 Å². The van der Waals surface area contributed by atoms with Crippen LogP contribution in [-0.4, -0.2) is 75.4 Å². The van der Waals surface area contributed by atoms with Crippen LogP contribution in [0.15, 0.2) is 4.99 Å².